The van der Waals surface area contributed by atoms with Crippen LogP contribution in [0.4, 0.5) is 14.5 Å². The molecule has 1 aliphatic heterocycles. The predicted molar refractivity (Wildman–Crippen MR) is 127 cm³/mol. The van der Waals surface area contributed by atoms with Crippen molar-refractivity contribution in [3.63, 3.8) is 0 Å². The maximum atomic E-state index is 14.7. The van der Waals surface area contributed by atoms with E-state index in [9.17, 15) is 13.9 Å². The van der Waals surface area contributed by atoms with Crippen LogP contribution in [0.2, 0.25) is 0 Å². The molecule has 36 heavy (non-hydrogen) atoms. The lowest BCUT2D eigenvalue weighted by atomic mass is 9.92. The minimum Gasteiger partial charge on any atom is -0.381 e. The Morgan fingerprint density at radius 2 is 1.78 bits per heavy atom. The number of anilines is 1. The van der Waals surface area contributed by atoms with Crippen molar-refractivity contribution < 1.29 is 13.9 Å². The van der Waals surface area contributed by atoms with Crippen LogP contribution in [0.3, 0.4) is 0 Å². The standard InChI is InChI=1S/C24H27F2N9O/c25-19-6-7-21(22(26)14-19)24(36,15-34-18-27-17-28-34)16-35-23(29-30-31-35)8-9-32-10-12-33(13-11-32)20-4-2-1-3-5-20/h1-7,14,17-18,36H,8-13,15-16H2. The third-order valence-electron chi connectivity index (χ3n) is 6.49. The number of aromatic nitrogens is 7. The van der Waals surface area contributed by atoms with Crippen molar-refractivity contribution in [2.24, 2.45) is 0 Å². The largest absolute Gasteiger partial charge is 0.381 e. The number of nitrogens with zero attached hydrogens (tertiary/aromatic N) is 9. The van der Waals surface area contributed by atoms with E-state index in [0.29, 0.717) is 12.2 Å². The molecule has 1 N–H and O–H groups in total. The molecule has 2 aromatic heterocycles. The summed E-state index contributed by atoms with van der Waals surface area (Å²) in [7, 11) is 0. The van der Waals surface area contributed by atoms with Crippen LogP contribution in [-0.2, 0) is 25.1 Å². The van der Waals surface area contributed by atoms with Gasteiger partial charge in [-0.3, -0.25) is 4.90 Å². The van der Waals surface area contributed by atoms with Crippen LogP contribution in [0, 0.1) is 11.6 Å². The minimum atomic E-state index is -1.79. The van der Waals surface area contributed by atoms with Gasteiger partial charge in [0.2, 0.25) is 0 Å². The SMILES string of the molecule is OC(Cn1cncn1)(Cn1nnnc1CCN1CCN(c2ccccc2)CC1)c1ccc(F)cc1F. The Labute approximate surface area is 206 Å². The number of rotatable bonds is 9. The monoisotopic (exact) mass is 495 g/mol. The van der Waals surface area contributed by atoms with Crippen molar-refractivity contribution >= 4 is 5.69 Å². The summed E-state index contributed by atoms with van der Waals surface area (Å²) in [6.07, 6.45) is 3.30. The molecule has 5 rings (SSSR count). The van der Waals surface area contributed by atoms with E-state index in [2.05, 4.69) is 47.5 Å². The number of hydrogen-bond acceptors (Lipinski definition) is 8. The van der Waals surface area contributed by atoms with Gasteiger partial charge in [-0.05, 0) is 28.6 Å². The molecule has 0 amide bonds. The fourth-order valence-electron chi connectivity index (χ4n) is 4.57. The number of para-hydroxylation sites is 1. The summed E-state index contributed by atoms with van der Waals surface area (Å²) in [6.45, 7) is 4.17. The summed E-state index contributed by atoms with van der Waals surface area (Å²) in [6, 6.07) is 13.4. The van der Waals surface area contributed by atoms with Gasteiger partial charge in [-0.1, -0.05) is 24.3 Å². The van der Waals surface area contributed by atoms with Gasteiger partial charge in [0.15, 0.2) is 5.82 Å². The van der Waals surface area contributed by atoms with Gasteiger partial charge in [-0.2, -0.15) is 5.10 Å². The first-order valence-corrected chi connectivity index (χ1v) is 11.8. The highest BCUT2D eigenvalue weighted by Gasteiger charge is 2.35. The van der Waals surface area contributed by atoms with E-state index >= 15 is 0 Å². The summed E-state index contributed by atoms with van der Waals surface area (Å²) < 4.78 is 31.1. The lowest BCUT2D eigenvalue weighted by Gasteiger charge is -2.36. The molecule has 1 unspecified atom stereocenters. The topological polar surface area (TPSA) is 101 Å². The second kappa shape index (κ2) is 10.5. The van der Waals surface area contributed by atoms with Crippen molar-refractivity contribution in [3.05, 3.63) is 84.2 Å². The molecule has 0 spiro atoms. The first kappa shape index (κ1) is 23.9. The molecule has 1 atom stereocenters. The first-order valence-electron chi connectivity index (χ1n) is 11.8. The van der Waals surface area contributed by atoms with Gasteiger partial charge in [0.1, 0.15) is 29.9 Å². The van der Waals surface area contributed by atoms with E-state index in [1.807, 2.05) is 18.2 Å². The number of aliphatic hydroxyl groups is 1. The number of benzene rings is 2. The van der Waals surface area contributed by atoms with Crippen molar-refractivity contribution in [3.8, 4) is 0 Å². The van der Waals surface area contributed by atoms with Crippen molar-refractivity contribution in [1.82, 2.24) is 39.9 Å². The Bertz CT molecular complexity index is 1260. The highest BCUT2D eigenvalue weighted by Crippen LogP contribution is 2.28. The highest BCUT2D eigenvalue weighted by atomic mass is 19.1. The van der Waals surface area contributed by atoms with Crippen molar-refractivity contribution in [1.29, 1.82) is 0 Å². The molecular weight excluding hydrogens is 468 g/mol. The molecule has 1 saturated heterocycles. The molecule has 188 valence electrons. The van der Waals surface area contributed by atoms with Crippen LogP contribution >= 0.6 is 0 Å². The van der Waals surface area contributed by atoms with E-state index < -0.39 is 17.2 Å². The van der Waals surface area contributed by atoms with E-state index in [-0.39, 0.29) is 18.7 Å². The second-order valence-corrected chi connectivity index (χ2v) is 8.92. The number of tetrazole rings is 1. The number of halogens is 2. The Morgan fingerprint density at radius 1 is 0.972 bits per heavy atom. The molecule has 2 aromatic carbocycles. The molecule has 1 fully saturated rings. The van der Waals surface area contributed by atoms with Gasteiger partial charge >= 0.3 is 0 Å². The smallest absolute Gasteiger partial charge is 0.152 e. The Morgan fingerprint density at radius 3 is 2.50 bits per heavy atom. The number of piperazine rings is 1. The summed E-state index contributed by atoms with van der Waals surface area (Å²) in [5.41, 5.74) is -0.643. The van der Waals surface area contributed by atoms with Crippen LogP contribution in [0.15, 0.2) is 61.2 Å². The van der Waals surface area contributed by atoms with Gasteiger partial charge in [0.05, 0.1) is 13.1 Å². The Balaban J connectivity index is 1.27. The van der Waals surface area contributed by atoms with Crippen LogP contribution < -0.4 is 4.90 Å². The fraction of sp³-hybridized carbons (Fsp3) is 0.375. The van der Waals surface area contributed by atoms with Crippen LogP contribution in [0.5, 0.6) is 0 Å². The van der Waals surface area contributed by atoms with E-state index in [1.54, 1.807) is 0 Å². The van der Waals surface area contributed by atoms with E-state index in [4.69, 9.17) is 0 Å². The highest BCUT2D eigenvalue weighted by molar-refractivity contribution is 5.46. The molecule has 0 aliphatic carbocycles. The average Bonchev–Trinajstić information content (AvgIpc) is 3.55. The van der Waals surface area contributed by atoms with E-state index in [0.717, 1.165) is 44.9 Å². The van der Waals surface area contributed by atoms with Crippen LogP contribution in [0.25, 0.3) is 0 Å². The molecule has 0 radical (unpaired) electrons. The Kier molecular flexibility index (Phi) is 6.96. The zero-order valence-electron chi connectivity index (χ0n) is 19.7. The van der Waals surface area contributed by atoms with Gasteiger partial charge in [-0.25, -0.2) is 23.1 Å². The zero-order chi connectivity index (χ0) is 25.0. The molecule has 0 saturated carbocycles. The quantitative estimate of drug-likeness (QED) is 0.373. The molecule has 10 nitrogen and oxygen atoms in total. The van der Waals surface area contributed by atoms with Gasteiger partial charge < -0.3 is 10.0 Å². The summed E-state index contributed by atoms with van der Waals surface area (Å²) in [4.78, 5) is 8.60. The summed E-state index contributed by atoms with van der Waals surface area (Å²) in [5, 5.41) is 27.6. The molecule has 3 heterocycles. The number of hydrogen-bond donors (Lipinski definition) is 1. The van der Waals surface area contributed by atoms with Gasteiger partial charge in [0, 0.05) is 56.5 Å². The molecule has 1 aliphatic rings. The maximum absolute atomic E-state index is 14.7. The maximum Gasteiger partial charge on any atom is 0.152 e. The fourth-order valence-corrected chi connectivity index (χ4v) is 4.57. The zero-order valence-corrected chi connectivity index (χ0v) is 19.7. The van der Waals surface area contributed by atoms with Crippen LogP contribution in [0.1, 0.15) is 11.4 Å². The third kappa shape index (κ3) is 5.39. The van der Waals surface area contributed by atoms with Gasteiger partial charge in [-0.15, -0.1) is 5.10 Å². The third-order valence-corrected chi connectivity index (χ3v) is 6.49. The second-order valence-electron chi connectivity index (χ2n) is 8.92. The minimum absolute atomic E-state index is 0.0714. The molecule has 12 heteroatoms. The predicted octanol–water partition coefficient (Wildman–Crippen LogP) is 1.50. The summed E-state index contributed by atoms with van der Waals surface area (Å²) in [5.74, 6) is -1.02. The van der Waals surface area contributed by atoms with Gasteiger partial charge in [0.25, 0.3) is 0 Å². The lowest BCUT2D eigenvalue weighted by Crippen LogP contribution is -2.47. The molecule has 0 bridgehead atoms. The lowest BCUT2D eigenvalue weighted by molar-refractivity contribution is -0.00975. The molecule has 4 aromatic rings. The first-order chi connectivity index (χ1) is 17.5. The Hall–Kier alpha value is -3.77. The van der Waals surface area contributed by atoms with Crippen LogP contribution in [-0.4, -0.2) is 77.7 Å². The van der Waals surface area contributed by atoms with Crippen molar-refractivity contribution in [2.45, 2.75) is 25.1 Å². The normalized spacial score (nSPS) is 16.2. The van der Waals surface area contributed by atoms with Crippen molar-refractivity contribution in [2.75, 3.05) is 37.6 Å². The molecular formula is C24H27F2N9O. The van der Waals surface area contributed by atoms with E-state index in [1.165, 1.54) is 33.8 Å². The summed E-state index contributed by atoms with van der Waals surface area (Å²) >= 11 is 0. The average molecular weight is 496 g/mol.